The van der Waals surface area contributed by atoms with Gasteiger partial charge in [-0.15, -0.1) is 0 Å². The molecule has 1 aliphatic rings. The molecule has 3 atom stereocenters. The predicted octanol–water partition coefficient (Wildman–Crippen LogP) is 3.21. The van der Waals surface area contributed by atoms with Gasteiger partial charge in [0, 0.05) is 0 Å². The molecule has 1 rings (SSSR count). The van der Waals surface area contributed by atoms with Crippen LogP contribution >= 0.6 is 0 Å². The van der Waals surface area contributed by atoms with E-state index < -0.39 is 17.5 Å². The number of hydrogen-bond donors (Lipinski definition) is 2. The van der Waals surface area contributed by atoms with Gasteiger partial charge in [-0.1, -0.05) is 46.0 Å². The van der Waals surface area contributed by atoms with Crippen molar-refractivity contribution in [1.82, 2.24) is 0 Å². The van der Waals surface area contributed by atoms with Gasteiger partial charge in [0.1, 0.15) is 0 Å². The first kappa shape index (κ1) is 14.5. The van der Waals surface area contributed by atoms with E-state index in [0.717, 1.165) is 32.1 Å². The Morgan fingerprint density at radius 1 is 1.47 bits per heavy atom. The van der Waals surface area contributed by atoms with Crippen LogP contribution in [0.2, 0.25) is 0 Å². The zero-order valence-corrected chi connectivity index (χ0v) is 11.1. The summed E-state index contributed by atoms with van der Waals surface area (Å²) in [5.41, 5.74) is -0.958. The summed E-state index contributed by atoms with van der Waals surface area (Å²) in [7, 11) is 0. The first-order valence-electron chi connectivity index (χ1n) is 6.98. The fourth-order valence-corrected chi connectivity index (χ4v) is 3.10. The summed E-state index contributed by atoms with van der Waals surface area (Å²) in [6.45, 7) is 4.18. The molecule has 0 radical (unpaired) electrons. The fraction of sp³-hybridized carbons (Fsp3) is 0.929. The van der Waals surface area contributed by atoms with Crippen LogP contribution < -0.4 is 0 Å². The van der Waals surface area contributed by atoms with Crippen LogP contribution in [0.1, 0.15) is 65.2 Å². The monoisotopic (exact) mass is 242 g/mol. The van der Waals surface area contributed by atoms with Crippen LogP contribution in [0.15, 0.2) is 0 Å². The second kappa shape index (κ2) is 6.39. The van der Waals surface area contributed by atoms with Crippen LogP contribution in [0.4, 0.5) is 0 Å². The first-order chi connectivity index (χ1) is 8.03. The maximum atomic E-state index is 11.3. The van der Waals surface area contributed by atoms with Crippen molar-refractivity contribution < 1.29 is 15.0 Å². The number of carboxylic acids is 1. The van der Waals surface area contributed by atoms with E-state index in [-0.39, 0.29) is 0 Å². The van der Waals surface area contributed by atoms with E-state index >= 15 is 0 Å². The largest absolute Gasteiger partial charge is 0.481 e. The first-order valence-corrected chi connectivity index (χ1v) is 6.98. The molecule has 0 aromatic carbocycles. The molecule has 17 heavy (non-hydrogen) atoms. The van der Waals surface area contributed by atoms with E-state index in [1.165, 1.54) is 0 Å². The third kappa shape index (κ3) is 3.70. The van der Waals surface area contributed by atoms with E-state index in [1.807, 2.05) is 0 Å². The number of hydrogen-bond acceptors (Lipinski definition) is 2. The molecule has 3 heteroatoms. The second-order valence-electron chi connectivity index (χ2n) is 5.51. The van der Waals surface area contributed by atoms with Gasteiger partial charge < -0.3 is 10.2 Å². The lowest BCUT2D eigenvalue weighted by molar-refractivity contribution is -0.157. The van der Waals surface area contributed by atoms with Gasteiger partial charge in [-0.3, -0.25) is 4.79 Å². The van der Waals surface area contributed by atoms with E-state index in [1.54, 1.807) is 0 Å². The summed E-state index contributed by atoms with van der Waals surface area (Å²) in [4.78, 5) is 11.3. The molecule has 0 aromatic rings. The van der Waals surface area contributed by atoms with Crippen molar-refractivity contribution in [3.05, 3.63) is 0 Å². The van der Waals surface area contributed by atoms with Crippen molar-refractivity contribution >= 4 is 5.97 Å². The molecular weight excluding hydrogens is 216 g/mol. The fourth-order valence-electron chi connectivity index (χ4n) is 3.10. The van der Waals surface area contributed by atoms with E-state index in [2.05, 4.69) is 13.8 Å². The SMILES string of the molecule is CCCCC(C(=O)O)C1(O)CCCC(CC)C1. The van der Waals surface area contributed by atoms with Gasteiger partial charge >= 0.3 is 5.97 Å². The Kier molecular flexibility index (Phi) is 5.44. The van der Waals surface area contributed by atoms with Gasteiger partial charge in [0.15, 0.2) is 0 Å². The lowest BCUT2D eigenvalue weighted by Crippen LogP contribution is -2.46. The minimum absolute atomic E-state index is 0.497. The van der Waals surface area contributed by atoms with Gasteiger partial charge in [-0.05, 0) is 25.2 Å². The summed E-state index contributed by atoms with van der Waals surface area (Å²) < 4.78 is 0. The molecule has 0 heterocycles. The number of aliphatic hydroxyl groups is 1. The van der Waals surface area contributed by atoms with E-state index in [0.29, 0.717) is 25.2 Å². The van der Waals surface area contributed by atoms with Crippen LogP contribution in [0.3, 0.4) is 0 Å². The molecule has 3 nitrogen and oxygen atoms in total. The Hall–Kier alpha value is -0.570. The smallest absolute Gasteiger partial charge is 0.309 e. The standard InChI is InChI=1S/C14H26O3/c1-3-5-8-12(13(15)16)14(17)9-6-7-11(4-2)10-14/h11-12,17H,3-10H2,1-2H3,(H,15,16). The number of unbranched alkanes of at least 4 members (excludes halogenated alkanes) is 1. The summed E-state index contributed by atoms with van der Waals surface area (Å²) >= 11 is 0. The maximum Gasteiger partial charge on any atom is 0.309 e. The zero-order chi connectivity index (χ0) is 12.9. The highest BCUT2D eigenvalue weighted by Crippen LogP contribution is 2.40. The molecule has 3 unspecified atom stereocenters. The Balaban J connectivity index is 2.72. The van der Waals surface area contributed by atoms with Crippen LogP contribution in [-0.4, -0.2) is 21.8 Å². The molecule has 0 spiro atoms. The van der Waals surface area contributed by atoms with Gasteiger partial charge in [0.25, 0.3) is 0 Å². The summed E-state index contributed by atoms with van der Waals surface area (Å²) in [6, 6.07) is 0. The normalized spacial score (nSPS) is 31.1. The summed E-state index contributed by atoms with van der Waals surface area (Å²) in [6.07, 6.45) is 6.95. The lowest BCUT2D eigenvalue weighted by atomic mass is 9.69. The molecule has 1 fully saturated rings. The summed E-state index contributed by atoms with van der Waals surface area (Å²) in [5, 5.41) is 20.0. The van der Waals surface area contributed by atoms with Gasteiger partial charge in [-0.2, -0.15) is 0 Å². The van der Waals surface area contributed by atoms with Gasteiger partial charge in [0.05, 0.1) is 11.5 Å². The molecule has 0 saturated heterocycles. The number of carbonyl (C=O) groups is 1. The molecule has 0 bridgehead atoms. The highest BCUT2D eigenvalue weighted by molar-refractivity contribution is 5.71. The van der Waals surface area contributed by atoms with Crippen molar-refractivity contribution in [3.8, 4) is 0 Å². The Labute approximate surface area is 104 Å². The average molecular weight is 242 g/mol. The van der Waals surface area contributed by atoms with E-state index in [4.69, 9.17) is 0 Å². The highest BCUT2D eigenvalue weighted by atomic mass is 16.4. The number of rotatable bonds is 6. The Morgan fingerprint density at radius 3 is 2.71 bits per heavy atom. The third-order valence-electron chi connectivity index (χ3n) is 4.23. The third-order valence-corrected chi connectivity index (χ3v) is 4.23. The van der Waals surface area contributed by atoms with Crippen LogP contribution in [0.5, 0.6) is 0 Å². The molecule has 0 amide bonds. The van der Waals surface area contributed by atoms with Crippen molar-refractivity contribution in [2.75, 3.05) is 0 Å². The van der Waals surface area contributed by atoms with Crippen molar-refractivity contribution in [1.29, 1.82) is 0 Å². The molecule has 100 valence electrons. The molecule has 0 aliphatic heterocycles. The van der Waals surface area contributed by atoms with Crippen molar-refractivity contribution in [2.24, 2.45) is 11.8 Å². The predicted molar refractivity (Wildman–Crippen MR) is 67.8 cm³/mol. The van der Waals surface area contributed by atoms with E-state index in [9.17, 15) is 15.0 Å². The van der Waals surface area contributed by atoms with Crippen molar-refractivity contribution in [2.45, 2.75) is 70.8 Å². The number of aliphatic carboxylic acids is 1. The second-order valence-corrected chi connectivity index (χ2v) is 5.51. The molecule has 1 saturated carbocycles. The summed E-state index contributed by atoms with van der Waals surface area (Å²) in [5.74, 6) is -0.897. The van der Waals surface area contributed by atoms with Crippen molar-refractivity contribution in [3.63, 3.8) is 0 Å². The van der Waals surface area contributed by atoms with Gasteiger partial charge in [-0.25, -0.2) is 0 Å². The molecule has 1 aliphatic carbocycles. The minimum atomic E-state index is -0.958. The molecular formula is C14H26O3. The minimum Gasteiger partial charge on any atom is -0.481 e. The molecule has 0 aromatic heterocycles. The maximum absolute atomic E-state index is 11.3. The molecule has 2 N–H and O–H groups in total. The Bertz CT molecular complexity index is 252. The quantitative estimate of drug-likeness (QED) is 0.752. The van der Waals surface area contributed by atoms with Gasteiger partial charge in [0.2, 0.25) is 0 Å². The zero-order valence-electron chi connectivity index (χ0n) is 11.1. The lowest BCUT2D eigenvalue weighted by Gasteiger charge is -2.40. The number of carboxylic acid groups (broad SMARTS) is 1. The topological polar surface area (TPSA) is 57.5 Å². The Morgan fingerprint density at radius 2 is 2.18 bits per heavy atom. The highest BCUT2D eigenvalue weighted by Gasteiger charge is 2.43. The van der Waals surface area contributed by atoms with Crippen LogP contribution in [0.25, 0.3) is 0 Å². The average Bonchev–Trinajstić information content (AvgIpc) is 2.28. The van der Waals surface area contributed by atoms with Crippen LogP contribution in [0, 0.1) is 11.8 Å². The van der Waals surface area contributed by atoms with Crippen LogP contribution in [-0.2, 0) is 4.79 Å².